The minimum absolute atomic E-state index is 0.0774. The number of benzene rings is 2. The summed E-state index contributed by atoms with van der Waals surface area (Å²) in [6, 6.07) is 10.1. The molecule has 0 saturated carbocycles. The summed E-state index contributed by atoms with van der Waals surface area (Å²) in [5, 5.41) is 14.7. The van der Waals surface area contributed by atoms with Gasteiger partial charge >= 0.3 is 0 Å². The Morgan fingerprint density at radius 1 is 1.31 bits per heavy atom. The second kappa shape index (κ2) is 7.85. The Bertz CT molecular complexity index is 870. The van der Waals surface area contributed by atoms with Crippen molar-refractivity contribution in [1.29, 1.82) is 0 Å². The molecule has 1 atom stereocenters. The van der Waals surface area contributed by atoms with Crippen LogP contribution in [-0.2, 0) is 4.79 Å². The normalized spacial score (nSPS) is 16.3. The van der Waals surface area contributed by atoms with Gasteiger partial charge in [0.1, 0.15) is 12.4 Å². The largest absolute Gasteiger partial charge is 0.506 e. The van der Waals surface area contributed by atoms with Gasteiger partial charge in [0.15, 0.2) is 11.5 Å². The Morgan fingerprint density at radius 2 is 2.04 bits per heavy atom. The van der Waals surface area contributed by atoms with Crippen LogP contribution in [0.15, 0.2) is 41.5 Å². The molecule has 8 heteroatoms. The number of aromatic hydroxyl groups is 1. The fraction of sp³-hybridized carbons (Fsp3) is 0.222. The van der Waals surface area contributed by atoms with Gasteiger partial charge in [0.25, 0.3) is 5.91 Å². The molecular weight excluding hydrogens is 379 g/mol. The maximum atomic E-state index is 12.3. The average molecular weight is 395 g/mol. The van der Waals surface area contributed by atoms with Crippen LogP contribution in [0.4, 0.5) is 0 Å². The number of phenols is 1. The number of carbonyl (C=O) groups is 1. The van der Waals surface area contributed by atoms with Crippen molar-refractivity contribution >= 4 is 34.8 Å². The number of halogens is 2. The maximum Gasteiger partial charge on any atom is 0.284 e. The molecule has 0 fully saturated rings. The molecular formula is C18H16Cl2N2O4. The molecule has 3 rings (SSSR count). The lowest BCUT2D eigenvalue weighted by atomic mass is 10.1. The highest BCUT2D eigenvalue weighted by molar-refractivity contribution is 6.36. The van der Waals surface area contributed by atoms with E-state index in [1.54, 1.807) is 18.2 Å². The van der Waals surface area contributed by atoms with Crippen LogP contribution in [0.1, 0.15) is 18.9 Å². The highest BCUT2D eigenvalue weighted by Crippen LogP contribution is 2.32. The summed E-state index contributed by atoms with van der Waals surface area (Å²) in [5.74, 6) is 0.487. The van der Waals surface area contributed by atoms with Gasteiger partial charge in [0, 0.05) is 10.6 Å². The lowest BCUT2D eigenvalue weighted by Gasteiger charge is -2.24. The van der Waals surface area contributed by atoms with E-state index >= 15 is 0 Å². The summed E-state index contributed by atoms with van der Waals surface area (Å²) >= 11 is 11.9. The zero-order valence-electron chi connectivity index (χ0n) is 13.8. The predicted octanol–water partition coefficient (Wildman–Crippen LogP) is 3.77. The molecule has 0 radical (unpaired) electrons. The molecule has 0 aliphatic carbocycles. The van der Waals surface area contributed by atoms with Crippen molar-refractivity contribution in [1.82, 2.24) is 5.43 Å². The monoisotopic (exact) mass is 394 g/mol. The zero-order chi connectivity index (χ0) is 18.7. The molecule has 0 spiro atoms. The highest BCUT2D eigenvalue weighted by atomic mass is 35.5. The first-order valence-electron chi connectivity index (χ1n) is 7.93. The Morgan fingerprint density at radius 3 is 2.77 bits per heavy atom. The summed E-state index contributed by atoms with van der Waals surface area (Å²) in [7, 11) is 0. The number of hydrazone groups is 1. The SMILES string of the molecule is CC/C(=N\NC(=O)C1COc2ccccc2O1)c1cc(Cl)cc(Cl)c1O. The third-order valence-corrected chi connectivity index (χ3v) is 4.28. The van der Waals surface area contributed by atoms with Crippen LogP contribution in [0.2, 0.25) is 10.0 Å². The van der Waals surface area contributed by atoms with Crippen molar-refractivity contribution in [3.63, 3.8) is 0 Å². The van der Waals surface area contributed by atoms with E-state index < -0.39 is 12.0 Å². The topological polar surface area (TPSA) is 80.2 Å². The van der Waals surface area contributed by atoms with E-state index in [1.807, 2.05) is 13.0 Å². The third-order valence-electron chi connectivity index (χ3n) is 3.78. The summed E-state index contributed by atoms with van der Waals surface area (Å²) < 4.78 is 11.1. The van der Waals surface area contributed by atoms with E-state index in [0.717, 1.165) is 0 Å². The first-order valence-corrected chi connectivity index (χ1v) is 8.68. The summed E-state index contributed by atoms with van der Waals surface area (Å²) in [4.78, 5) is 12.3. The molecule has 0 saturated heterocycles. The van der Waals surface area contributed by atoms with Crippen LogP contribution < -0.4 is 14.9 Å². The Labute approximate surface area is 160 Å². The third kappa shape index (κ3) is 3.86. The van der Waals surface area contributed by atoms with Gasteiger partial charge in [-0.3, -0.25) is 4.79 Å². The summed E-state index contributed by atoms with van der Waals surface area (Å²) in [5.41, 5.74) is 3.23. The molecule has 0 aromatic heterocycles. The predicted molar refractivity (Wildman–Crippen MR) is 99.5 cm³/mol. The first-order chi connectivity index (χ1) is 12.5. The average Bonchev–Trinajstić information content (AvgIpc) is 2.65. The molecule has 1 aliphatic heterocycles. The van der Waals surface area contributed by atoms with Gasteiger partial charge in [-0.1, -0.05) is 42.3 Å². The van der Waals surface area contributed by atoms with Gasteiger partial charge in [0.2, 0.25) is 6.10 Å². The van der Waals surface area contributed by atoms with Gasteiger partial charge in [-0.05, 0) is 30.7 Å². The number of ether oxygens (including phenoxy) is 2. The van der Waals surface area contributed by atoms with Crippen molar-refractivity contribution < 1.29 is 19.4 Å². The molecule has 26 heavy (non-hydrogen) atoms. The Hall–Kier alpha value is -2.44. The lowest BCUT2D eigenvalue weighted by molar-refractivity contribution is -0.130. The fourth-order valence-electron chi connectivity index (χ4n) is 2.46. The molecule has 0 bridgehead atoms. The number of fused-ring (bicyclic) bond motifs is 1. The number of nitrogens with one attached hydrogen (secondary N) is 1. The number of amides is 1. The van der Waals surface area contributed by atoms with Crippen molar-refractivity contribution in [3.8, 4) is 17.2 Å². The van der Waals surface area contributed by atoms with Crippen LogP contribution in [-0.4, -0.2) is 29.4 Å². The van der Waals surface area contributed by atoms with E-state index in [0.29, 0.717) is 34.2 Å². The first kappa shape index (κ1) is 18.4. The van der Waals surface area contributed by atoms with Gasteiger partial charge in [-0.15, -0.1) is 0 Å². The number of para-hydroxylation sites is 2. The zero-order valence-corrected chi connectivity index (χ0v) is 15.3. The molecule has 1 aliphatic rings. The highest BCUT2D eigenvalue weighted by Gasteiger charge is 2.27. The second-order valence-corrected chi connectivity index (χ2v) is 6.38. The van der Waals surface area contributed by atoms with Crippen LogP contribution >= 0.6 is 23.2 Å². The number of phenolic OH excluding ortho intramolecular Hbond substituents is 1. The quantitative estimate of drug-likeness (QED) is 0.610. The molecule has 1 unspecified atom stereocenters. The molecule has 6 nitrogen and oxygen atoms in total. The molecule has 1 heterocycles. The maximum absolute atomic E-state index is 12.3. The van der Waals surface area contributed by atoms with Crippen molar-refractivity contribution in [3.05, 3.63) is 52.0 Å². The van der Waals surface area contributed by atoms with Crippen molar-refractivity contribution in [2.45, 2.75) is 19.4 Å². The van der Waals surface area contributed by atoms with Crippen LogP contribution in [0.25, 0.3) is 0 Å². The molecule has 136 valence electrons. The van der Waals surface area contributed by atoms with Crippen LogP contribution in [0.5, 0.6) is 17.2 Å². The van der Waals surface area contributed by atoms with Crippen LogP contribution in [0, 0.1) is 0 Å². The van der Waals surface area contributed by atoms with Crippen molar-refractivity contribution in [2.75, 3.05) is 6.61 Å². The van der Waals surface area contributed by atoms with E-state index in [9.17, 15) is 9.90 Å². The minimum atomic E-state index is -0.830. The number of hydrogen-bond acceptors (Lipinski definition) is 5. The van der Waals surface area contributed by atoms with E-state index in [2.05, 4.69) is 10.5 Å². The standard InChI is InChI=1S/C18H16Cl2N2O4/c1-2-13(11-7-10(19)8-12(20)17(11)23)21-22-18(24)16-9-25-14-5-3-4-6-15(14)26-16/h3-8,16,23H,2,9H2,1H3,(H,22,24)/b21-13+. The minimum Gasteiger partial charge on any atom is -0.506 e. The van der Waals surface area contributed by atoms with E-state index in [-0.39, 0.29) is 17.4 Å². The van der Waals surface area contributed by atoms with Crippen molar-refractivity contribution in [2.24, 2.45) is 5.10 Å². The molecule has 2 aromatic rings. The van der Waals surface area contributed by atoms with Gasteiger partial charge in [0.05, 0.1) is 10.7 Å². The Kier molecular flexibility index (Phi) is 5.54. The van der Waals surface area contributed by atoms with Gasteiger partial charge in [-0.2, -0.15) is 5.10 Å². The number of rotatable bonds is 4. The van der Waals surface area contributed by atoms with E-state index in [4.69, 9.17) is 32.7 Å². The smallest absolute Gasteiger partial charge is 0.284 e. The van der Waals surface area contributed by atoms with Gasteiger partial charge < -0.3 is 14.6 Å². The number of hydrogen-bond donors (Lipinski definition) is 2. The fourth-order valence-corrected chi connectivity index (χ4v) is 2.95. The molecule has 2 N–H and O–H groups in total. The number of carbonyl (C=O) groups excluding carboxylic acids is 1. The summed E-state index contributed by atoms with van der Waals surface area (Å²) in [6.07, 6.45) is -0.390. The van der Waals surface area contributed by atoms with E-state index in [1.165, 1.54) is 12.1 Å². The van der Waals surface area contributed by atoms with Gasteiger partial charge in [-0.25, -0.2) is 5.43 Å². The Balaban J connectivity index is 1.75. The molecule has 2 aromatic carbocycles. The lowest BCUT2D eigenvalue weighted by Crippen LogP contribution is -2.42. The van der Waals surface area contributed by atoms with Crippen LogP contribution in [0.3, 0.4) is 0 Å². The molecule has 1 amide bonds. The summed E-state index contributed by atoms with van der Waals surface area (Å²) in [6.45, 7) is 1.91. The number of nitrogens with zero attached hydrogens (tertiary/aromatic N) is 1. The second-order valence-electron chi connectivity index (χ2n) is 5.54.